The summed E-state index contributed by atoms with van der Waals surface area (Å²) in [5.41, 5.74) is 5.91. The number of hydrogen-bond donors (Lipinski definition) is 1. The van der Waals surface area contributed by atoms with Gasteiger partial charge in [-0.3, -0.25) is 0 Å². The van der Waals surface area contributed by atoms with Crippen LogP contribution in [0.4, 0.5) is 5.95 Å². The van der Waals surface area contributed by atoms with Crippen molar-refractivity contribution in [1.82, 2.24) is 9.97 Å². The molecule has 0 aromatic carbocycles. The first-order chi connectivity index (χ1) is 9.23. The van der Waals surface area contributed by atoms with E-state index in [1.807, 2.05) is 18.7 Å². The molecule has 2 heterocycles. The van der Waals surface area contributed by atoms with Crippen LogP contribution in [0.2, 0.25) is 0 Å². The minimum absolute atomic E-state index is 0.230. The Morgan fingerprint density at radius 3 is 2.79 bits per heavy atom. The molecular formula is C13H22N4OS. The molecule has 0 spiro atoms. The Balaban J connectivity index is 2.03. The minimum Gasteiger partial charge on any atom is -0.478 e. The topological polar surface area (TPSA) is 64.3 Å². The van der Waals surface area contributed by atoms with E-state index in [4.69, 9.17) is 10.5 Å². The lowest BCUT2D eigenvalue weighted by Gasteiger charge is -2.40. The van der Waals surface area contributed by atoms with E-state index in [2.05, 4.69) is 21.1 Å². The van der Waals surface area contributed by atoms with Crippen LogP contribution in [0.5, 0.6) is 5.88 Å². The summed E-state index contributed by atoms with van der Waals surface area (Å²) in [6.07, 6.45) is 6.06. The fourth-order valence-electron chi connectivity index (χ4n) is 2.32. The molecule has 0 aliphatic carbocycles. The van der Waals surface area contributed by atoms with Gasteiger partial charge in [0.15, 0.2) is 0 Å². The molecule has 106 valence electrons. The van der Waals surface area contributed by atoms with Crippen LogP contribution in [0.1, 0.15) is 19.8 Å². The van der Waals surface area contributed by atoms with Crippen molar-refractivity contribution in [3.05, 3.63) is 12.3 Å². The summed E-state index contributed by atoms with van der Waals surface area (Å²) >= 11 is 1.88. The Labute approximate surface area is 118 Å². The number of nitrogens with two attached hydrogens (primary N) is 1. The number of ether oxygens (including phenoxy) is 1. The summed E-state index contributed by atoms with van der Waals surface area (Å²) in [5, 5.41) is 0. The molecule has 0 bridgehead atoms. The largest absolute Gasteiger partial charge is 0.478 e. The maximum Gasteiger partial charge on any atom is 0.228 e. The van der Waals surface area contributed by atoms with Crippen LogP contribution in [0, 0.1) is 0 Å². The molecule has 1 aromatic heterocycles. The van der Waals surface area contributed by atoms with E-state index >= 15 is 0 Å². The zero-order valence-corrected chi connectivity index (χ0v) is 12.4. The third-order valence-corrected chi connectivity index (χ3v) is 5.11. The summed E-state index contributed by atoms with van der Waals surface area (Å²) in [6.45, 7) is 5.22. The van der Waals surface area contributed by atoms with E-state index in [1.165, 1.54) is 0 Å². The second-order valence-electron chi connectivity index (χ2n) is 4.71. The maximum absolute atomic E-state index is 5.91. The standard InChI is InChI=1S/C13H22N4OS/c1-3-18-11-4-7-15-12(16-11)17-8-5-13(10-14,19-2)6-9-17/h4,7H,3,5-6,8-10,14H2,1-2H3. The smallest absolute Gasteiger partial charge is 0.228 e. The van der Waals surface area contributed by atoms with E-state index in [0.29, 0.717) is 12.5 Å². The monoisotopic (exact) mass is 282 g/mol. The van der Waals surface area contributed by atoms with E-state index in [0.717, 1.165) is 38.4 Å². The normalized spacial score (nSPS) is 18.4. The second kappa shape index (κ2) is 6.43. The zero-order chi connectivity index (χ0) is 13.7. The molecule has 1 aliphatic heterocycles. The molecule has 0 amide bonds. The number of nitrogens with zero attached hydrogens (tertiary/aromatic N) is 3. The summed E-state index contributed by atoms with van der Waals surface area (Å²) in [7, 11) is 0. The molecule has 0 atom stereocenters. The van der Waals surface area contributed by atoms with Gasteiger partial charge in [0.2, 0.25) is 11.8 Å². The van der Waals surface area contributed by atoms with Crippen LogP contribution < -0.4 is 15.4 Å². The van der Waals surface area contributed by atoms with E-state index in [-0.39, 0.29) is 4.75 Å². The van der Waals surface area contributed by atoms with Crippen LogP contribution in [0.3, 0.4) is 0 Å². The zero-order valence-electron chi connectivity index (χ0n) is 11.6. The van der Waals surface area contributed by atoms with E-state index < -0.39 is 0 Å². The van der Waals surface area contributed by atoms with Gasteiger partial charge in [-0.25, -0.2) is 4.98 Å². The molecule has 2 rings (SSSR count). The quantitative estimate of drug-likeness (QED) is 0.883. The van der Waals surface area contributed by atoms with Gasteiger partial charge < -0.3 is 15.4 Å². The van der Waals surface area contributed by atoms with Gasteiger partial charge in [0, 0.05) is 36.6 Å². The summed E-state index contributed by atoms with van der Waals surface area (Å²) in [6, 6.07) is 1.79. The van der Waals surface area contributed by atoms with Crippen LogP contribution in [-0.4, -0.2) is 47.2 Å². The highest BCUT2D eigenvalue weighted by Crippen LogP contribution is 2.34. The molecule has 0 radical (unpaired) electrons. The fraction of sp³-hybridized carbons (Fsp3) is 0.692. The van der Waals surface area contributed by atoms with Crippen molar-refractivity contribution in [3.8, 4) is 5.88 Å². The Bertz CT molecular complexity index is 401. The van der Waals surface area contributed by atoms with Crippen molar-refractivity contribution in [2.45, 2.75) is 24.5 Å². The first kappa shape index (κ1) is 14.4. The van der Waals surface area contributed by atoms with Crippen LogP contribution >= 0.6 is 11.8 Å². The van der Waals surface area contributed by atoms with Crippen molar-refractivity contribution in [3.63, 3.8) is 0 Å². The predicted octanol–water partition coefficient (Wildman–Crippen LogP) is 1.54. The highest BCUT2D eigenvalue weighted by atomic mass is 32.2. The van der Waals surface area contributed by atoms with Crippen molar-refractivity contribution < 1.29 is 4.74 Å². The molecule has 2 N–H and O–H groups in total. The second-order valence-corrected chi connectivity index (χ2v) is 5.98. The SMILES string of the molecule is CCOc1ccnc(N2CCC(CN)(SC)CC2)n1. The minimum atomic E-state index is 0.230. The van der Waals surface area contributed by atoms with Crippen molar-refractivity contribution in [1.29, 1.82) is 0 Å². The number of thioether (sulfide) groups is 1. The lowest BCUT2D eigenvalue weighted by Crippen LogP contribution is -2.47. The number of aromatic nitrogens is 2. The van der Waals surface area contributed by atoms with Gasteiger partial charge in [0.05, 0.1) is 6.61 Å². The molecule has 1 aliphatic rings. The lowest BCUT2D eigenvalue weighted by atomic mass is 9.96. The van der Waals surface area contributed by atoms with Crippen molar-refractivity contribution in [2.24, 2.45) is 5.73 Å². The third kappa shape index (κ3) is 3.30. The maximum atomic E-state index is 5.91. The fourth-order valence-corrected chi connectivity index (χ4v) is 3.08. The summed E-state index contributed by atoms with van der Waals surface area (Å²) in [5.74, 6) is 1.41. The molecule has 0 saturated carbocycles. The Morgan fingerprint density at radius 1 is 1.47 bits per heavy atom. The lowest BCUT2D eigenvalue weighted by molar-refractivity contribution is 0.325. The molecule has 1 fully saturated rings. The molecule has 19 heavy (non-hydrogen) atoms. The molecular weight excluding hydrogens is 260 g/mol. The summed E-state index contributed by atoms with van der Waals surface area (Å²) < 4.78 is 5.65. The van der Waals surface area contributed by atoms with Crippen LogP contribution in [0.25, 0.3) is 0 Å². The van der Waals surface area contributed by atoms with Gasteiger partial charge in [-0.2, -0.15) is 16.7 Å². The highest BCUT2D eigenvalue weighted by molar-refractivity contribution is 8.00. The number of anilines is 1. The number of piperidine rings is 1. The molecule has 6 heteroatoms. The van der Waals surface area contributed by atoms with Crippen LogP contribution in [-0.2, 0) is 0 Å². The first-order valence-corrected chi connectivity index (χ1v) is 7.91. The Kier molecular flexibility index (Phi) is 4.87. The van der Waals surface area contributed by atoms with Gasteiger partial charge >= 0.3 is 0 Å². The average Bonchev–Trinajstić information content (AvgIpc) is 2.48. The summed E-state index contributed by atoms with van der Waals surface area (Å²) in [4.78, 5) is 11.0. The van der Waals surface area contributed by atoms with Gasteiger partial charge in [-0.15, -0.1) is 0 Å². The van der Waals surface area contributed by atoms with Gasteiger partial charge in [0.25, 0.3) is 0 Å². The Hall–Kier alpha value is -1.01. The highest BCUT2D eigenvalue weighted by Gasteiger charge is 2.33. The van der Waals surface area contributed by atoms with Gasteiger partial charge in [0.1, 0.15) is 0 Å². The van der Waals surface area contributed by atoms with Crippen molar-refractivity contribution in [2.75, 3.05) is 37.4 Å². The molecule has 1 aromatic rings. The molecule has 5 nitrogen and oxygen atoms in total. The third-order valence-electron chi connectivity index (χ3n) is 3.67. The number of rotatable bonds is 5. The van der Waals surface area contributed by atoms with E-state index in [1.54, 1.807) is 12.3 Å². The Morgan fingerprint density at radius 2 is 2.21 bits per heavy atom. The van der Waals surface area contributed by atoms with Gasteiger partial charge in [-0.05, 0) is 26.0 Å². The number of hydrogen-bond acceptors (Lipinski definition) is 6. The van der Waals surface area contributed by atoms with Gasteiger partial charge in [-0.1, -0.05) is 0 Å². The molecule has 0 unspecified atom stereocenters. The first-order valence-electron chi connectivity index (χ1n) is 6.69. The molecule has 1 saturated heterocycles. The average molecular weight is 282 g/mol. The predicted molar refractivity (Wildman–Crippen MR) is 79.9 cm³/mol. The van der Waals surface area contributed by atoms with Crippen molar-refractivity contribution >= 4 is 17.7 Å². The van der Waals surface area contributed by atoms with Crippen LogP contribution in [0.15, 0.2) is 12.3 Å². The van der Waals surface area contributed by atoms with E-state index in [9.17, 15) is 0 Å².